The van der Waals surface area contributed by atoms with Crippen LogP contribution in [0.1, 0.15) is 17.8 Å². The van der Waals surface area contributed by atoms with E-state index in [0.717, 1.165) is 24.4 Å². The standard InChI is InChI=1S/C11H19N5O2/c1-8-6-9(2)16(15-8)5-3-4-13-7-10(17)14-11(12)18/h6,13H,3-5,7H2,1-2H3,(H3,12,14,17,18). The number of aryl methyl sites for hydroxylation is 3. The molecular formula is C11H19N5O2. The Morgan fingerprint density at radius 2 is 2.17 bits per heavy atom. The minimum atomic E-state index is -0.829. The first-order chi connectivity index (χ1) is 8.49. The van der Waals surface area contributed by atoms with Crippen molar-refractivity contribution in [1.82, 2.24) is 20.4 Å². The van der Waals surface area contributed by atoms with Gasteiger partial charge in [0.1, 0.15) is 0 Å². The molecule has 0 fully saturated rings. The Morgan fingerprint density at radius 1 is 1.44 bits per heavy atom. The number of hydrogen-bond donors (Lipinski definition) is 3. The van der Waals surface area contributed by atoms with Crippen molar-refractivity contribution < 1.29 is 9.59 Å². The molecule has 0 saturated carbocycles. The Bertz CT molecular complexity index is 427. The van der Waals surface area contributed by atoms with Gasteiger partial charge in [0.15, 0.2) is 0 Å². The third kappa shape index (κ3) is 4.96. The molecule has 1 rings (SSSR count). The molecule has 0 spiro atoms. The summed E-state index contributed by atoms with van der Waals surface area (Å²) in [6, 6.07) is 1.19. The maximum absolute atomic E-state index is 11.1. The first kappa shape index (κ1) is 14.2. The molecule has 0 unspecified atom stereocenters. The van der Waals surface area contributed by atoms with Crippen LogP contribution in [0.3, 0.4) is 0 Å². The molecule has 1 heterocycles. The van der Waals surface area contributed by atoms with Crippen LogP contribution in [0.25, 0.3) is 0 Å². The van der Waals surface area contributed by atoms with E-state index in [0.29, 0.717) is 6.54 Å². The second-order valence-electron chi connectivity index (χ2n) is 4.09. The van der Waals surface area contributed by atoms with Crippen molar-refractivity contribution in [3.8, 4) is 0 Å². The van der Waals surface area contributed by atoms with Crippen molar-refractivity contribution in [3.63, 3.8) is 0 Å². The average molecular weight is 253 g/mol. The van der Waals surface area contributed by atoms with Crippen LogP contribution in [-0.2, 0) is 11.3 Å². The summed E-state index contributed by atoms with van der Waals surface area (Å²) < 4.78 is 1.93. The highest BCUT2D eigenvalue weighted by Gasteiger charge is 2.03. The lowest BCUT2D eigenvalue weighted by atomic mass is 10.4. The second kappa shape index (κ2) is 6.75. The van der Waals surface area contributed by atoms with E-state index < -0.39 is 11.9 Å². The number of amides is 3. The normalized spacial score (nSPS) is 10.3. The zero-order valence-electron chi connectivity index (χ0n) is 10.7. The average Bonchev–Trinajstić information content (AvgIpc) is 2.56. The number of nitrogens with one attached hydrogen (secondary N) is 2. The number of nitrogens with zero attached hydrogens (tertiary/aromatic N) is 2. The third-order valence-corrected chi connectivity index (χ3v) is 2.38. The van der Waals surface area contributed by atoms with Crippen molar-refractivity contribution in [2.45, 2.75) is 26.8 Å². The summed E-state index contributed by atoms with van der Waals surface area (Å²) in [4.78, 5) is 21.4. The lowest BCUT2D eigenvalue weighted by Gasteiger charge is -2.06. The van der Waals surface area contributed by atoms with E-state index in [2.05, 4.69) is 10.4 Å². The summed E-state index contributed by atoms with van der Waals surface area (Å²) in [5, 5.41) is 9.24. The molecule has 100 valence electrons. The fourth-order valence-electron chi connectivity index (χ4n) is 1.64. The van der Waals surface area contributed by atoms with Crippen molar-refractivity contribution in [2.24, 2.45) is 5.73 Å². The van der Waals surface area contributed by atoms with Gasteiger partial charge in [0.2, 0.25) is 5.91 Å². The van der Waals surface area contributed by atoms with Crippen molar-refractivity contribution in [3.05, 3.63) is 17.5 Å². The number of primary amides is 1. The summed E-state index contributed by atoms with van der Waals surface area (Å²) in [5.74, 6) is -0.423. The van der Waals surface area contributed by atoms with Gasteiger partial charge in [-0.1, -0.05) is 0 Å². The lowest BCUT2D eigenvalue weighted by molar-refractivity contribution is -0.119. The van der Waals surface area contributed by atoms with Gasteiger partial charge in [-0.3, -0.25) is 14.8 Å². The smallest absolute Gasteiger partial charge is 0.318 e. The first-order valence-corrected chi connectivity index (χ1v) is 5.80. The van der Waals surface area contributed by atoms with Crippen LogP contribution < -0.4 is 16.4 Å². The predicted molar refractivity (Wildman–Crippen MR) is 66.9 cm³/mol. The molecule has 3 amide bonds. The number of rotatable bonds is 6. The third-order valence-electron chi connectivity index (χ3n) is 2.38. The molecule has 0 radical (unpaired) electrons. The second-order valence-corrected chi connectivity index (χ2v) is 4.09. The fraction of sp³-hybridized carbons (Fsp3) is 0.545. The summed E-state index contributed by atoms with van der Waals surface area (Å²) >= 11 is 0. The molecular weight excluding hydrogens is 234 g/mol. The minimum absolute atomic E-state index is 0.0834. The maximum Gasteiger partial charge on any atom is 0.318 e. The minimum Gasteiger partial charge on any atom is -0.351 e. The summed E-state index contributed by atoms with van der Waals surface area (Å²) in [5.41, 5.74) is 6.93. The molecule has 0 atom stereocenters. The van der Waals surface area contributed by atoms with E-state index in [1.165, 1.54) is 0 Å². The Kier molecular flexibility index (Phi) is 5.31. The molecule has 1 aromatic rings. The monoisotopic (exact) mass is 253 g/mol. The van der Waals surface area contributed by atoms with Crippen LogP contribution in [0.4, 0.5) is 4.79 Å². The maximum atomic E-state index is 11.1. The number of carbonyl (C=O) groups excluding carboxylic acids is 2. The Morgan fingerprint density at radius 3 is 2.72 bits per heavy atom. The van der Waals surface area contributed by atoms with Gasteiger partial charge in [-0.2, -0.15) is 5.10 Å². The number of hydrogen-bond acceptors (Lipinski definition) is 4. The molecule has 18 heavy (non-hydrogen) atoms. The summed E-state index contributed by atoms with van der Waals surface area (Å²) in [7, 11) is 0. The van der Waals surface area contributed by atoms with E-state index in [1.54, 1.807) is 0 Å². The zero-order chi connectivity index (χ0) is 13.5. The van der Waals surface area contributed by atoms with E-state index in [4.69, 9.17) is 5.73 Å². The highest BCUT2D eigenvalue weighted by molar-refractivity contribution is 5.94. The quantitative estimate of drug-likeness (QED) is 0.604. The largest absolute Gasteiger partial charge is 0.351 e. The van der Waals surface area contributed by atoms with Gasteiger partial charge >= 0.3 is 6.03 Å². The van der Waals surface area contributed by atoms with Gasteiger partial charge < -0.3 is 11.1 Å². The van der Waals surface area contributed by atoms with Crippen LogP contribution in [0, 0.1) is 13.8 Å². The van der Waals surface area contributed by atoms with Gasteiger partial charge in [0.05, 0.1) is 12.2 Å². The van der Waals surface area contributed by atoms with Crippen LogP contribution in [0.15, 0.2) is 6.07 Å². The Hall–Kier alpha value is -1.89. The molecule has 7 nitrogen and oxygen atoms in total. The SMILES string of the molecule is Cc1cc(C)n(CCCNCC(=O)NC(N)=O)n1. The van der Waals surface area contributed by atoms with Crippen LogP contribution in [-0.4, -0.2) is 34.8 Å². The first-order valence-electron chi connectivity index (χ1n) is 5.80. The van der Waals surface area contributed by atoms with E-state index >= 15 is 0 Å². The molecule has 4 N–H and O–H groups in total. The number of carbonyl (C=O) groups is 2. The van der Waals surface area contributed by atoms with Crippen molar-refractivity contribution >= 4 is 11.9 Å². The number of aromatic nitrogens is 2. The molecule has 0 aliphatic heterocycles. The highest BCUT2D eigenvalue weighted by atomic mass is 16.2. The van der Waals surface area contributed by atoms with Gasteiger partial charge in [-0.25, -0.2) is 4.79 Å². The topological polar surface area (TPSA) is 102 Å². The summed E-state index contributed by atoms with van der Waals surface area (Å²) in [6.07, 6.45) is 0.853. The number of urea groups is 1. The highest BCUT2D eigenvalue weighted by Crippen LogP contribution is 2.01. The van der Waals surface area contributed by atoms with E-state index in [1.807, 2.05) is 29.9 Å². The zero-order valence-corrected chi connectivity index (χ0v) is 10.7. The molecule has 0 aliphatic carbocycles. The molecule has 1 aromatic heterocycles. The van der Waals surface area contributed by atoms with Crippen LogP contribution in [0.5, 0.6) is 0 Å². The van der Waals surface area contributed by atoms with Gasteiger partial charge in [-0.05, 0) is 32.9 Å². The lowest BCUT2D eigenvalue weighted by Crippen LogP contribution is -2.40. The molecule has 7 heteroatoms. The van der Waals surface area contributed by atoms with Crippen molar-refractivity contribution in [1.29, 1.82) is 0 Å². The van der Waals surface area contributed by atoms with Gasteiger partial charge in [-0.15, -0.1) is 0 Å². The fourth-order valence-corrected chi connectivity index (χ4v) is 1.64. The van der Waals surface area contributed by atoms with Crippen molar-refractivity contribution in [2.75, 3.05) is 13.1 Å². The van der Waals surface area contributed by atoms with E-state index in [9.17, 15) is 9.59 Å². The Labute approximate surface area is 106 Å². The summed E-state index contributed by atoms with van der Waals surface area (Å²) in [6.45, 7) is 5.51. The molecule has 0 aliphatic rings. The molecule has 0 aromatic carbocycles. The van der Waals surface area contributed by atoms with Crippen LogP contribution in [0.2, 0.25) is 0 Å². The molecule has 0 saturated heterocycles. The van der Waals surface area contributed by atoms with Gasteiger partial charge in [0, 0.05) is 12.2 Å². The Balaban J connectivity index is 2.14. The van der Waals surface area contributed by atoms with Gasteiger partial charge in [0.25, 0.3) is 0 Å². The van der Waals surface area contributed by atoms with Crippen LogP contribution >= 0.6 is 0 Å². The number of imide groups is 1. The predicted octanol–water partition coefficient (Wildman–Crippen LogP) is -0.325. The van der Waals surface area contributed by atoms with E-state index in [-0.39, 0.29) is 6.54 Å². The number of nitrogens with two attached hydrogens (primary N) is 1. The molecule has 0 bridgehead atoms.